The number of anilines is 1. The third-order valence-corrected chi connectivity index (χ3v) is 12.2. The third-order valence-electron chi connectivity index (χ3n) is 12.2. The van der Waals surface area contributed by atoms with Gasteiger partial charge in [-0.25, -0.2) is 9.97 Å². The first kappa shape index (κ1) is 26.3. The van der Waals surface area contributed by atoms with Gasteiger partial charge in [-0.1, -0.05) is 32.4 Å². The molecule has 0 spiro atoms. The van der Waals surface area contributed by atoms with E-state index in [4.69, 9.17) is 0 Å². The summed E-state index contributed by atoms with van der Waals surface area (Å²) in [5, 5.41) is 10.3. The summed E-state index contributed by atoms with van der Waals surface area (Å²) in [5.41, 5.74) is 2.31. The van der Waals surface area contributed by atoms with E-state index in [1.165, 1.54) is 38.5 Å². The molecule has 0 bridgehead atoms. The molecule has 1 aliphatic heterocycles. The summed E-state index contributed by atoms with van der Waals surface area (Å²) < 4.78 is 0. The van der Waals surface area contributed by atoms with Crippen molar-refractivity contribution in [2.45, 2.75) is 91.1 Å². The third kappa shape index (κ3) is 4.49. The summed E-state index contributed by atoms with van der Waals surface area (Å²) in [5.74, 6) is 5.05. The van der Waals surface area contributed by atoms with E-state index in [2.05, 4.69) is 46.6 Å². The molecule has 6 nitrogen and oxygen atoms in total. The molecule has 8 atom stereocenters. The van der Waals surface area contributed by atoms with Crippen molar-refractivity contribution in [3.63, 3.8) is 0 Å². The van der Waals surface area contributed by atoms with Crippen LogP contribution in [-0.2, 0) is 4.79 Å². The number of piperazine rings is 1. The second-order valence-corrected chi connectivity index (χ2v) is 13.8. The van der Waals surface area contributed by atoms with Crippen molar-refractivity contribution < 1.29 is 9.90 Å². The van der Waals surface area contributed by atoms with Gasteiger partial charge in [0.2, 0.25) is 5.91 Å². The fourth-order valence-corrected chi connectivity index (χ4v) is 9.98. The van der Waals surface area contributed by atoms with E-state index in [0.29, 0.717) is 29.1 Å². The van der Waals surface area contributed by atoms with Crippen LogP contribution in [0.15, 0.2) is 30.2 Å². The maximum absolute atomic E-state index is 13.2. The summed E-state index contributed by atoms with van der Waals surface area (Å²) in [6.45, 7) is 10.8. The molecule has 1 aromatic heterocycles. The quantitative estimate of drug-likeness (QED) is 0.521. The van der Waals surface area contributed by atoms with Crippen LogP contribution in [0.5, 0.6) is 0 Å². The SMILES string of the molecule is C[C@H](CCC(=O)N1CCN(c2ccncn2)CC1)[C@H]1CC[C@H]2[C@@H]3CC=C4C[C@@H](O)CC[C@]4(C)[C@H]3CC[C@]12C. The Morgan fingerprint density at radius 2 is 1.92 bits per heavy atom. The molecule has 6 rings (SSSR count). The van der Waals surface area contributed by atoms with Crippen molar-refractivity contribution >= 4 is 11.7 Å². The second-order valence-electron chi connectivity index (χ2n) is 13.8. The Balaban J connectivity index is 1.04. The number of hydrogen-bond acceptors (Lipinski definition) is 5. The number of aromatic nitrogens is 2. The van der Waals surface area contributed by atoms with Crippen LogP contribution in [0.2, 0.25) is 0 Å². The largest absolute Gasteiger partial charge is 0.393 e. The molecule has 208 valence electrons. The smallest absolute Gasteiger partial charge is 0.222 e. The molecule has 5 aliphatic rings. The Hall–Kier alpha value is -1.95. The fraction of sp³-hybridized carbons (Fsp3) is 0.781. The predicted octanol–water partition coefficient (Wildman–Crippen LogP) is 5.48. The van der Waals surface area contributed by atoms with Gasteiger partial charge in [0, 0.05) is 38.8 Å². The van der Waals surface area contributed by atoms with E-state index in [-0.39, 0.29) is 6.10 Å². The van der Waals surface area contributed by atoms with Crippen LogP contribution in [0.1, 0.15) is 85.0 Å². The molecule has 3 saturated carbocycles. The Labute approximate surface area is 229 Å². The van der Waals surface area contributed by atoms with Crippen LogP contribution < -0.4 is 4.90 Å². The van der Waals surface area contributed by atoms with E-state index >= 15 is 0 Å². The van der Waals surface area contributed by atoms with Gasteiger partial charge < -0.3 is 14.9 Å². The second kappa shape index (κ2) is 10.2. The maximum Gasteiger partial charge on any atom is 0.222 e. The van der Waals surface area contributed by atoms with Crippen molar-refractivity contribution in [2.24, 2.45) is 40.4 Å². The van der Waals surface area contributed by atoms with Crippen molar-refractivity contribution in [3.05, 3.63) is 30.2 Å². The minimum Gasteiger partial charge on any atom is -0.393 e. The summed E-state index contributed by atoms with van der Waals surface area (Å²) in [6, 6.07) is 1.95. The number of amides is 1. The Morgan fingerprint density at radius 1 is 1.11 bits per heavy atom. The Kier molecular flexibility index (Phi) is 7.07. The summed E-state index contributed by atoms with van der Waals surface area (Å²) in [6.07, 6.45) is 17.2. The lowest BCUT2D eigenvalue weighted by Gasteiger charge is -2.58. The molecule has 1 N–H and O–H groups in total. The van der Waals surface area contributed by atoms with E-state index in [1.54, 1.807) is 18.1 Å². The van der Waals surface area contributed by atoms with Crippen LogP contribution in [0, 0.1) is 40.4 Å². The summed E-state index contributed by atoms with van der Waals surface area (Å²) in [7, 11) is 0. The highest BCUT2D eigenvalue weighted by atomic mass is 16.3. The average Bonchev–Trinajstić information content (AvgIpc) is 3.30. The zero-order valence-corrected chi connectivity index (χ0v) is 23.8. The van der Waals surface area contributed by atoms with Gasteiger partial charge in [-0.3, -0.25) is 4.79 Å². The summed E-state index contributed by atoms with van der Waals surface area (Å²) in [4.78, 5) is 25.9. The fourth-order valence-electron chi connectivity index (χ4n) is 9.98. The number of carbonyl (C=O) groups is 1. The molecule has 6 heteroatoms. The molecule has 0 unspecified atom stereocenters. The molecule has 4 aliphatic carbocycles. The normalized spacial score (nSPS) is 39.6. The van der Waals surface area contributed by atoms with Crippen LogP contribution >= 0.6 is 0 Å². The zero-order chi connectivity index (χ0) is 26.5. The maximum atomic E-state index is 13.2. The highest BCUT2D eigenvalue weighted by Crippen LogP contribution is 2.67. The highest BCUT2D eigenvalue weighted by Gasteiger charge is 2.59. The minimum atomic E-state index is -0.124. The molecule has 0 aromatic carbocycles. The first-order chi connectivity index (χ1) is 18.3. The molecule has 38 heavy (non-hydrogen) atoms. The van der Waals surface area contributed by atoms with Crippen molar-refractivity contribution in [1.29, 1.82) is 0 Å². The average molecular weight is 521 g/mol. The molecular formula is C32H48N4O2. The topological polar surface area (TPSA) is 69.6 Å². The van der Waals surface area contributed by atoms with Gasteiger partial charge in [0.15, 0.2) is 0 Å². The van der Waals surface area contributed by atoms with E-state index in [0.717, 1.165) is 74.9 Å². The molecule has 0 radical (unpaired) electrons. The zero-order valence-electron chi connectivity index (χ0n) is 23.8. The number of nitrogens with zero attached hydrogens (tertiary/aromatic N) is 4. The van der Waals surface area contributed by atoms with Crippen LogP contribution in [-0.4, -0.2) is 58.2 Å². The minimum absolute atomic E-state index is 0.124. The van der Waals surface area contributed by atoms with Gasteiger partial charge in [0.25, 0.3) is 0 Å². The Bertz CT molecular complexity index is 1040. The number of fused-ring (bicyclic) bond motifs is 5. The monoisotopic (exact) mass is 520 g/mol. The number of hydrogen-bond donors (Lipinski definition) is 1. The van der Waals surface area contributed by atoms with Gasteiger partial charge in [-0.05, 0) is 104 Å². The molecule has 1 amide bonds. The lowest BCUT2D eigenvalue weighted by molar-refractivity contribution is -0.132. The van der Waals surface area contributed by atoms with E-state index in [9.17, 15) is 9.90 Å². The van der Waals surface area contributed by atoms with Crippen molar-refractivity contribution in [3.8, 4) is 0 Å². The van der Waals surface area contributed by atoms with Crippen molar-refractivity contribution in [1.82, 2.24) is 14.9 Å². The first-order valence-corrected chi connectivity index (χ1v) is 15.5. The predicted molar refractivity (Wildman–Crippen MR) is 150 cm³/mol. The number of carbonyl (C=O) groups excluding carboxylic acids is 1. The van der Waals surface area contributed by atoms with Gasteiger partial charge in [0.1, 0.15) is 12.1 Å². The number of rotatable bonds is 5. The standard InChI is InChI=1S/C32H48N4O2/c1-22(4-9-30(38)36-18-16-35(17-19-36)29-12-15-33-21-34-29)26-7-8-27-25-6-5-23-20-24(37)10-13-31(23,2)28(25)11-14-32(26,27)3/h5,12,15,21-22,24-28,37H,4,6-11,13-14,16-20H2,1-3H3/t22-,24+,25+,26-,27+,28+,31+,32-/m1/s1. The number of aliphatic hydroxyl groups excluding tert-OH is 1. The molecule has 1 saturated heterocycles. The molecule has 4 fully saturated rings. The van der Waals surface area contributed by atoms with Gasteiger partial charge in [-0.15, -0.1) is 0 Å². The number of aliphatic hydroxyl groups is 1. The molecule has 1 aromatic rings. The van der Waals surface area contributed by atoms with Crippen LogP contribution in [0.4, 0.5) is 5.82 Å². The van der Waals surface area contributed by atoms with Crippen LogP contribution in [0.3, 0.4) is 0 Å². The van der Waals surface area contributed by atoms with Gasteiger partial charge >= 0.3 is 0 Å². The van der Waals surface area contributed by atoms with Gasteiger partial charge in [0.05, 0.1) is 6.10 Å². The van der Waals surface area contributed by atoms with E-state index < -0.39 is 0 Å². The highest BCUT2D eigenvalue weighted by molar-refractivity contribution is 5.76. The summed E-state index contributed by atoms with van der Waals surface area (Å²) >= 11 is 0. The molecular weight excluding hydrogens is 472 g/mol. The first-order valence-electron chi connectivity index (χ1n) is 15.5. The lowest BCUT2D eigenvalue weighted by atomic mass is 9.47. The van der Waals surface area contributed by atoms with Gasteiger partial charge in [-0.2, -0.15) is 0 Å². The Morgan fingerprint density at radius 3 is 2.68 bits per heavy atom. The lowest BCUT2D eigenvalue weighted by Crippen LogP contribution is -2.51. The molecule has 2 heterocycles. The number of allylic oxidation sites excluding steroid dienone is 1. The van der Waals surface area contributed by atoms with Crippen molar-refractivity contribution in [2.75, 3.05) is 31.1 Å². The van der Waals surface area contributed by atoms with E-state index in [1.807, 2.05) is 6.07 Å². The van der Waals surface area contributed by atoms with Crippen LogP contribution in [0.25, 0.3) is 0 Å².